The van der Waals surface area contributed by atoms with Gasteiger partial charge in [0, 0.05) is 32.6 Å². The van der Waals surface area contributed by atoms with Gasteiger partial charge >= 0.3 is 0 Å². The molecule has 0 atom stereocenters. The van der Waals surface area contributed by atoms with Crippen LogP contribution in [0.2, 0.25) is 0 Å². The second kappa shape index (κ2) is 6.24. The van der Waals surface area contributed by atoms with Crippen molar-refractivity contribution in [3.63, 3.8) is 0 Å². The summed E-state index contributed by atoms with van der Waals surface area (Å²) in [5, 5.41) is 5.59. The van der Waals surface area contributed by atoms with E-state index in [9.17, 15) is 0 Å². The van der Waals surface area contributed by atoms with Crippen LogP contribution in [-0.4, -0.2) is 11.5 Å². The first-order valence-electron chi connectivity index (χ1n) is 6.27. The second-order valence-corrected chi connectivity index (χ2v) is 7.52. The van der Waals surface area contributed by atoms with Gasteiger partial charge in [0.05, 0.1) is 0 Å². The lowest BCUT2D eigenvalue weighted by Crippen LogP contribution is -2.26. The highest BCUT2D eigenvalue weighted by Crippen LogP contribution is 2.28. The molecule has 2 aromatic rings. The number of benzene rings is 1. The first-order valence-corrected chi connectivity index (χ1v) is 8.35. The summed E-state index contributed by atoms with van der Waals surface area (Å²) in [6.45, 7) is 5.35. The molecule has 1 aromatic heterocycles. The van der Waals surface area contributed by atoms with Crippen LogP contribution in [0, 0.1) is 0 Å². The fourth-order valence-electron chi connectivity index (χ4n) is 1.90. The van der Waals surface area contributed by atoms with Crippen LogP contribution in [0.25, 0.3) is 0 Å². The fraction of sp³-hybridized carbons (Fsp3) is 0.267. The summed E-state index contributed by atoms with van der Waals surface area (Å²) in [6.07, 6.45) is 0. The van der Waals surface area contributed by atoms with Gasteiger partial charge in [0.15, 0.2) is 0 Å². The van der Waals surface area contributed by atoms with Crippen LogP contribution in [0.4, 0.5) is 5.69 Å². The molecule has 2 rings (SSSR count). The van der Waals surface area contributed by atoms with Gasteiger partial charge in [0.2, 0.25) is 0 Å². The minimum atomic E-state index is 0.0997. The molecule has 0 bridgehead atoms. The van der Waals surface area contributed by atoms with Crippen molar-refractivity contribution in [2.45, 2.75) is 19.3 Å². The Morgan fingerprint density at radius 3 is 2.70 bits per heavy atom. The van der Waals surface area contributed by atoms with Crippen LogP contribution in [-0.2, 0) is 5.41 Å². The predicted octanol–water partition coefficient (Wildman–Crippen LogP) is 4.53. The van der Waals surface area contributed by atoms with E-state index in [0.717, 1.165) is 22.3 Å². The number of hydrogen-bond donors (Lipinski definition) is 2. The molecule has 0 unspecified atom stereocenters. The molecule has 106 valence electrons. The Morgan fingerprint density at radius 1 is 1.40 bits per heavy atom. The van der Waals surface area contributed by atoms with Gasteiger partial charge in [-0.1, -0.05) is 32.1 Å². The first kappa shape index (κ1) is 15.5. The number of halogens is 1. The van der Waals surface area contributed by atoms with Crippen LogP contribution < -0.4 is 11.1 Å². The third-order valence-electron chi connectivity index (χ3n) is 3.16. The van der Waals surface area contributed by atoms with Crippen LogP contribution in [0.5, 0.6) is 0 Å². The van der Waals surface area contributed by atoms with Crippen molar-refractivity contribution in [3.05, 3.63) is 50.6 Å². The van der Waals surface area contributed by atoms with Gasteiger partial charge in [-0.15, -0.1) is 11.3 Å². The smallest absolute Gasteiger partial charge is 0.105 e. The van der Waals surface area contributed by atoms with E-state index >= 15 is 0 Å². The van der Waals surface area contributed by atoms with Crippen LogP contribution in [0.1, 0.15) is 24.3 Å². The zero-order valence-electron chi connectivity index (χ0n) is 11.4. The van der Waals surface area contributed by atoms with E-state index in [1.165, 1.54) is 4.88 Å². The lowest BCUT2D eigenvalue weighted by molar-refractivity contribution is 0.569. The third-order valence-corrected chi connectivity index (χ3v) is 5.27. The Balaban J connectivity index is 2.08. The Hall–Kier alpha value is -0.910. The fourth-order valence-corrected chi connectivity index (χ4v) is 3.65. The van der Waals surface area contributed by atoms with E-state index in [-0.39, 0.29) is 5.41 Å². The Bertz CT molecular complexity index is 606. The molecule has 5 heteroatoms. The van der Waals surface area contributed by atoms with Crippen molar-refractivity contribution in [2.75, 3.05) is 11.9 Å². The zero-order chi connectivity index (χ0) is 14.8. The zero-order valence-corrected chi connectivity index (χ0v) is 14.7. The largest absolute Gasteiger partial charge is 0.389 e. The van der Waals surface area contributed by atoms with Gasteiger partial charge in [0.25, 0.3) is 0 Å². The van der Waals surface area contributed by atoms with Gasteiger partial charge in [0.1, 0.15) is 4.99 Å². The summed E-state index contributed by atoms with van der Waals surface area (Å²) in [6, 6.07) is 10.2. The average molecular weight is 369 g/mol. The average Bonchev–Trinajstić information content (AvgIpc) is 2.90. The highest BCUT2D eigenvalue weighted by Gasteiger charge is 2.21. The van der Waals surface area contributed by atoms with Crippen molar-refractivity contribution in [2.24, 2.45) is 5.73 Å². The van der Waals surface area contributed by atoms with Crippen LogP contribution >= 0.6 is 39.5 Å². The number of anilines is 1. The summed E-state index contributed by atoms with van der Waals surface area (Å²) < 4.78 is 0.920. The van der Waals surface area contributed by atoms with Gasteiger partial charge in [-0.05, 0) is 45.6 Å². The first-order chi connectivity index (χ1) is 9.40. The number of thiocarbonyl (C=S) groups is 1. The molecule has 0 saturated heterocycles. The van der Waals surface area contributed by atoms with E-state index in [2.05, 4.69) is 52.6 Å². The molecule has 0 aliphatic carbocycles. The third kappa shape index (κ3) is 3.59. The summed E-state index contributed by atoms with van der Waals surface area (Å²) in [5.41, 5.74) is 7.68. The van der Waals surface area contributed by atoms with E-state index in [0.29, 0.717) is 4.99 Å². The molecule has 0 radical (unpaired) electrons. The topological polar surface area (TPSA) is 38.0 Å². The highest BCUT2D eigenvalue weighted by molar-refractivity contribution is 9.10. The number of nitrogens with one attached hydrogen (secondary N) is 1. The number of rotatable bonds is 5. The Morgan fingerprint density at radius 2 is 2.15 bits per heavy atom. The monoisotopic (exact) mass is 368 g/mol. The molecule has 20 heavy (non-hydrogen) atoms. The van der Waals surface area contributed by atoms with Crippen LogP contribution in [0.3, 0.4) is 0 Å². The molecule has 0 amide bonds. The maximum Gasteiger partial charge on any atom is 0.105 e. The maximum atomic E-state index is 5.65. The Kier molecular flexibility index (Phi) is 4.83. The summed E-state index contributed by atoms with van der Waals surface area (Å²) in [4.78, 5) is 1.78. The lowest BCUT2D eigenvalue weighted by Gasteiger charge is -2.24. The molecule has 0 spiro atoms. The molecule has 2 nitrogen and oxygen atoms in total. The van der Waals surface area contributed by atoms with Crippen LogP contribution in [0.15, 0.2) is 40.2 Å². The molecular formula is C15H17BrN2S2. The molecule has 0 aliphatic heterocycles. The van der Waals surface area contributed by atoms with E-state index in [1.807, 2.05) is 18.2 Å². The molecule has 1 aromatic carbocycles. The van der Waals surface area contributed by atoms with Gasteiger partial charge < -0.3 is 11.1 Å². The molecule has 0 aliphatic rings. The molecular weight excluding hydrogens is 352 g/mol. The van der Waals surface area contributed by atoms with Crippen molar-refractivity contribution in [1.29, 1.82) is 0 Å². The minimum Gasteiger partial charge on any atom is -0.389 e. The van der Waals surface area contributed by atoms with Gasteiger partial charge in [-0.25, -0.2) is 0 Å². The van der Waals surface area contributed by atoms with E-state index in [4.69, 9.17) is 18.0 Å². The second-order valence-electron chi connectivity index (χ2n) is 5.27. The lowest BCUT2D eigenvalue weighted by atomic mass is 9.91. The summed E-state index contributed by atoms with van der Waals surface area (Å²) >= 11 is 10.3. The quantitative estimate of drug-likeness (QED) is 0.761. The van der Waals surface area contributed by atoms with Crippen molar-refractivity contribution in [3.8, 4) is 0 Å². The van der Waals surface area contributed by atoms with E-state index in [1.54, 1.807) is 11.3 Å². The molecule has 0 saturated carbocycles. The SMILES string of the molecule is CC(C)(CNc1ccc(C(N)=S)c(Br)c1)c1cccs1. The number of thiophene rings is 1. The molecule has 1 heterocycles. The van der Waals surface area contributed by atoms with Crippen molar-refractivity contribution < 1.29 is 0 Å². The van der Waals surface area contributed by atoms with Crippen molar-refractivity contribution in [1.82, 2.24) is 0 Å². The number of hydrogen-bond acceptors (Lipinski definition) is 3. The highest BCUT2D eigenvalue weighted by atomic mass is 79.9. The summed E-state index contributed by atoms with van der Waals surface area (Å²) in [7, 11) is 0. The molecule has 0 fully saturated rings. The predicted molar refractivity (Wildman–Crippen MR) is 95.9 cm³/mol. The normalized spacial score (nSPS) is 11.3. The van der Waals surface area contributed by atoms with Crippen molar-refractivity contribution >= 4 is 50.2 Å². The maximum absolute atomic E-state index is 5.65. The van der Waals surface area contributed by atoms with Gasteiger partial charge in [-0.3, -0.25) is 0 Å². The van der Waals surface area contributed by atoms with E-state index < -0.39 is 0 Å². The minimum absolute atomic E-state index is 0.0997. The standard InChI is InChI=1S/C15H17BrN2S2/c1-15(2,13-4-3-7-20-13)9-18-10-5-6-11(14(17)19)12(16)8-10/h3-8,18H,9H2,1-2H3,(H2,17,19). The van der Waals surface area contributed by atoms with Gasteiger partial charge in [-0.2, -0.15) is 0 Å². The number of nitrogens with two attached hydrogens (primary N) is 1. The summed E-state index contributed by atoms with van der Waals surface area (Å²) in [5.74, 6) is 0. The Labute approximate surface area is 137 Å². The molecule has 3 N–H and O–H groups in total.